The second-order valence-corrected chi connectivity index (χ2v) is 7.24. The number of hydrogen-bond donors (Lipinski definition) is 2. The number of benzene rings is 1. The maximum Gasteiger partial charge on any atom is 0.308 e. The van der Waals surface area contributed by atoms with Crippen LogP contribution in [-0.4, -0.2) is 28.9 Å². The highest BCUT2D eigenvalue weighted by molar-refractivity contribution is 5.85. The highest BCUT2D eigenvalue weighted by Gasteiger charge is 2.31. The lowest BCUT2D eigenvalue weighted by molar-refractivity contribution is -0.385. The normalized spacial score (nSPS) is 20.0. The zero-order chi connectivity index (χ0) is 20.0. The van der Waals surface area contributed by atoms with E-state index < -0.39 is 16.9 Å². The second-order valence-electron chi connectivity index (χ2n) is 7.24. The molecule has 0 aromatic heterocycles. The van der Waals surface area contributed by atoms with E-state index in [0.29, 0.717) is 6.42 Å². The molecule has 8 nitrogen and oxygen atoms in total. The van der Waals surface area contributed by atoms with E-state index in [1.807, 2.05) is 0 Å². The number of amides is 1. The molecule has 1 aliphatic rings. The van der Waals surface area contributed by atoms with Crippen LogP contribution in [0.3, 0.4) is 0 Å². The van der Waals surface area contributed by atoms with Gasteiger partial charge in [0.2, 0.25) is 5.91 Å². The fourth-order valence-electron chi connectivity index (χ4n) is 3.42. The van der Waals surface area contributed by atoms with Crippen molar-refractivity contribution in [3.8, 4) is 0 Å². The Morgan fingerprint density at radius 2 is 2.00 bits per heavy atom. The molecule has 0 saturated heterocycles. The van der Waals surface area contributed by atoms with Crippen LogP contribution in [0.1, 0.15) is 57.6 Å². The molecule has 156 valence electrons. The monoisotopic (exact) mass is 413 g/mol. The molecule has 1 amide bonds. The number of esters is 1. The molecular formula is C19H28ClN3O5. The Morgan fingerprint density at radius 1 is 1.32 bits per heavy atom. The molecule has 0 heterocycles. The third kappa shape index (κ3) is 6.76. The highest BCUT2D eigenvalue weighted by Crippen LogP contribution is 2.29. The number of nitrogens with zero attached hydrogens (tertiary/aromatic N) is 1. The Kier molecular flexibility index (Phi) is 9.34. The van der Waals surface area contributed by atoms with E-state index in [9.17, 15) is 19.7 Å². The number of nitro benzene ring substituents is 1. The van der Waals surface area contributed by atoms with Crippen molar-refractivity contribution in [1.82, 2.24) is 5.32 Å². The van der Waals surface area contributed by atoms with Crippen LogP contribution in [-0.2, 0) is 14.3 Å². The van der Waals surface area contributed by atoms with E-state index in [1.165, 1.54) is 6.07 Å². The van der Waals surface area contributed by atoms with Crippen molar-refractivity contribution in [1.29, 1.82) is 0 Å². The van der Waals surface area contributed by atoms with E-state index in [0.717, 1.165) is 19.3 Å². The summed E-state index contributed by atoms with van der Waals surface area (Å²) in [5.41, 5.74) is 6.11. The SMILES string of the molecule is CC(C)OC(=O)CC(NC(=O)C1CCCC(N)C1)c1ccccc1[N+](=O)[O-].Cl. The second kappa shape index (κ2) is 11.0. The van der Waals surface area contributed by atoms with Crippen LogP contribution in [0.2, 0.25) is 0 Å². The Hall–Kier alpha value is -2.19. The van der Waals surface area contributed by atoms with Crippen molar-refractivity contribution in [2.45, 2.75) is 64.1 Å². The third-order valence-electron chi connectivity index (χ3n) is 4.65. The van der Waals surface area contributed by atoms with Crippen LogP contribution in [0.25, 0.3) is 0 Å². The molecule has 28 heavy (non-hydrogen) atoms. The summed E-state index contributed by atoms with van der Waals surface area (Å²) in [5, 5.41) is 14.2. The van der Waals surface area contributed by atoms with Crippen LogP contribution in [0.15, 0.2) is 24.3 Å². The number of carbonyl (C=O) groups is 2. The first-order valence-corrected chi connectivity index (χ1v) is 9.26. The van der Waals surface area contributed by atoms with Gasteiger partial charge in [-0.2, -0.15) is 0 Å². The van der Waals surface area contributed by atoms with Gasteiger partial charge in [0.25, 0.3) is 5.69 Å². The summed E-state index contributed by atoms with van der Waals surface area (Å²) in [6, 6.07) is 5.25. The number of nitrogens with two attached hydrogens (primary N) is 1. The number of nitrogens with one attached hydrogen (secondary N) is 1. The van der Waals surface area contributed by atoms with Crippen molar-refractivity contribution in [3.63, 3.8) is 0 Å². The zero-order valence-electron chi connectivity index (χ0n) is 16.1. The first-order chi connectivity index (χ1) is 12.8. The third-order valence-corrected chi connectivity index (χ3v) is 4.65. The number of rotatable bonds is 7. The maximum absolute atomic E-state index is 12.7. The van der Waals surface area contributed by atoms with Gasteiger partial charge in [-0.1, -0.05) is 24.6 Å². The average Bonchev–Trinajstić information content (AvgIpc) is 2.60. The predicted octanol–water partition coefficient (Wildman–Crippen LogP) is 3.03. The van der Waals surface area contributed by atoms with Crippen LogP contribution in [0.4, 0.5) is 5.69 Å². The van der Waals surface area contributed by atoms with Gasteiger partial charge in [0, 0.05) is 18.0 Å². The molecule has 1 aromatic rings. The van der Waals surface area contributed by atoms with Gasteiger partial charge in [0.05, 0.1) is 29.1 Å². The molecular weight excluding hydrogens is 386 g/mol. The van der Waals surface area contributed by atoms with E-state index >= 15 is 0 Å². The van der Waals surface area contributed by atoms with Gasteiger partial charge in [-0.05, 0) is 33.1 Å². The summed E-state index contributed by atoms with van der Waals surface area (Å²) < 4.78 is 5.17. The molecule has 1 aliphatic carbocycles. The number of carbonyl (C=O) groups excluding carboxylic acids is 2. The summed E-state index contributed by atoms with van der Waals surface area (Å²) in [6.45, 7) is 3.44. The fraction of sp³-hybridized carbons (Fsp3) is 0.579. The molecule has 1 saturated carbocycles. The minimum absolute atomic E-state index is 0. The summed E-state index contributed by atoms with van der Waals surface area (Å²) in [5.74, 6) is -1.00. The average molecular weight is 414 g/mol. The molecule has 3 unspecified atom stereocenters. The van der Waals surface area contributed by atoms with E-state index in [2.05, 4.69) is 5.32 Å². The van der Waals surface area contributed by atoms with Gasteiger partial charge >= 0.3 is 5.97 Å². The molecule has 2 rings (SSSR count). The maximum atomic E-state index is 12.7. The largest absolute Gasteiger partial charge is 0.463 e. The molecule has 3 N–H and O–H groups in total. The Morgan fingerprint density at radius 3 is 2.61 bits per heavy atom. The predicted molar refractivity (Wildman–Crippen MR) is 107 cm³/mol. The quantitative estimate of drug-likeness (QED) is 0.402. The first kappa shape index (κ1) is 23.8. The lowest BCUT2D eigenvalue weighted by atomic mass is 9.85. The number of nitro groups is 1. The first-order valence-electron chi connectivity index (χ1n) is 9.26. The Balaban J connectivity index is 0.00000392. The van der Waals surface area contributed by atoms with Crippen molar-refractivity contribution < 1.29 is 19.2 Å². The van der Waals surface area contributed by atoms with E-state index in [4.69, 9.17) is 10.5 Å². The molecule has 0 radical (unpaired) electrons. The number of para-hydroxylation sites is 1. The molecule has 0 bridgehead atoms. The summed E-state index contributed by atoms with van der Waals surface area (Å²) in [6.07, 6.45) is 2.57. The lowest BCUT2D eigenvalue weighted by Crippen LogP contribution is -2.40. The van der Waals surface area contributed by atoms with Crippen LogP contribution >= 0.6 is 12.4 Å². The van der Waals surface area contributed by atoms with Crippen LogP contribution < -0.4 is 11.1 Å². The standard InChI is InChI=1S/C19H27N3O5.ClH/c1-12(2)27-18(23)11-16(15-8-3-4-9-17(15)22(25)26)21-19(24)13-6-5-7-14(20)10-13;/h3-4,8-9,12-14,16H,5-7,10-11,20H2,1-2H3,(H,21,24);1H. The van der Waals surface area contributed by atoms with E-state index in [1.54, 1.807) is 32.0 Å². The summed E-state index contributed by atoms with van der Waals surface area (Å²) in [7, 11) is 0. The summed E-state index contributed by atoms with van der Waals surface area (Å²) in [4.78, 5) is 35.8. The van der Waals surface area contributed by atoms with Gasteiger partial charge in [-0.3, -0.25) is 19.7 Å². The smallest absolute Gasteiger partial charge is 0.308 e. The van der Waals surface area contributed by atoms with Gasteiger partial charge in [-0.15, -0.1) is 12.4 Å². The van der Waals surface area contributed by atoms with Gasteiger partial charge in [0.1, 0.15) is 0 Å². The highest BCUT2D eigenvalue weighted by atomic mass is 35.5. The van der Waals surface area contributed by atoms with Gasteiger partial charge < -0.3 is 15.8 Å². The topological polar surface area (TPSA) is 125 Å². The van der Waals surface area contributed by atoms with Gasteiger partial charge in [0.15, 0.2) is 0 Å². The molecule has 9 heteroatoms. The van der Waals surface area contributed by atoms with Crippen LogP contribution in [0.5, 0.6) is 0 Å². The Labute approximate surface area is 170 Å². The minimum Gasteiger partial charge on any atom is -0.463 e. The fourth-order valence-corrected chi connectivity index (χ4v) is 3.42. The number of halogens is 1. The van der Waals surface area contributed by atoms with Crippen molar-refractivity contribution in [2.24, 2.45) is 11.7 Å². The Bertz CT molecular complexity index is 698. The van der Waals surface area contributed by atoms with Crippen molar-refractivity contribution in [3.05, 3.63) is 39.9 Å². The molecule has 1 aromatic carbocycles. The van der Waals surface area contributed by atoms with Crippen molar-refractivity contribution in [2.75, 3.05) is 0 Å². The van der Waals surface area contributed by atoms with Crippen molar-refractivity contribution >= 4 is 30.0 Å². The minimum atomic E-state index is -0.830. The van der Waals surface area contributed by atoms with E-state index in [-0.39, 0.29) is 54.0 Å². The molecule has 0 aliphatic heterocycles. The lowest BCUT2D eigenvalue weighted by Gasteiger charge is -2.28. The number of ether oxygens (including phenoxy) is 1. The summed E-state index contributed by atoms with van der Waals surface area (Å²) >= 11 is 0. The molecule has 1 fully saturated rings. The van der Waals surface area contributed by atoms with Gasteiger partial charge in [-0.25, -0.2) is 0 Å². The van der Waals surface area contributed by atoms with Crippen LogP contribution in [0, 0.1) is 16.0 Å². The number of hydrogen-bond acceptors (Lipinski definition) is 6. The zero-order valence-corrected chi connectivity index (χ0v) is 16.9. The molecule has 0 spiro atoms. The molecule has 3 atom stereocenters.